The lowest BCUT2D eigenvalue weighted by molar-refractivity contribution is 0.249. The number of aliphatic imine (C=N–C) groups is 1. The predicted molar refractivity (Wildman–Crippen MR) is 140 cm³/mol. The summed E-state index contributed by atoms with van der Waals surface area (Å²) in [7, 11) is -1.63. The van der Waals surface area contributed by atoms with Crippen molar-refractivity contribution in [1.29, 1.82) is 0 Å². The third kappa shape index (κ3) is 7.44. The molecule has 31 heavy (non-hydrogen) atoms. The van der Waals surface area contributed by atoms with Gasteiger partial charge in [0.05, 0.1) is 16.7 Å². The van der Waals surface area contributed by atoms with E-state index in [2.05, 4.69) is 38.0 Å². The smallest absolute Gasteiger partial charge is 0.191 e. The quantitative estimate of drug-likeness (QED) is 0.269. The molecule has 6 nitrogen and oxygen atoms in total. The number of likely N-dealkylation sites (tertiary alicyclic amines) is 1. The number of hydrogen-bond donors (Lipinski definition) is 2. The minimum atomic E-state index is -3.36. The normalized spacial score (nSPS) is 17.0. The van der Waals surface area contributed by atoms with Gasteiger partial charge in [0.15, 0.2) is 15.8 Å². The molecule has 1 fully saturated rings. The second-order valence-electron chi connectivity index (χ2n) is 7.57. The second-order valence-corrected chi connectivity index (χ2v) is 10.6. The van der Waals surface area contributed by atoms with Crippen LogP contribution in [0.1, 0.15) is 37.1 Å². The second kappa shape index (κ2) is 12.8. The standard InChI is InChI=1S/C22H32N4O2S2.HI/c1-3-18(17-30(27,28)19-10-5-4-6-11-19)25-22(23-2)24-16-20(21-12-9-15-29-21)26-13-7-8-14-26;/h4-6,9-12,15,18,20H,3,7-8,13-14,16-17H2,1-2H3,(H2,23,24,25);1H. The maximum absolute atomic E-state index is 12.8. The Hall–Kier alpha value is -1.17. The molecule has 0 aliphatic carbocycles. The third-order valence-corrected chi connectivity index (χ3v) is 8.30. The van der Waals surface area contributed by atoms with Crippen LogP contribution in [-0.4, -0.2) is 57.8 Å². The van der Waals surface area contributed by atoms with Gasteiger partial charge in [0.25, 0.3) is 0 Å². The maximum Gasteiger partial charge on any atom is 0.191 e. The van der Waals surface area contributed by atoms with Crippen molar-refractivity contribution < 1.29 is 8.42 Å². The van der Waals surface area contributed by atoms with Crippen molar-refractivity contribution in [2.24, 2.45) is 4.99 Å². The molecule has 2 N–H and O–H groups in total. The Balaban J connectivity index is 0.00000341. The first kappa shape index (κ1) is 26.1. The summed E-state index contributed by atoms with van der Waals surface area (Å²) in [5, 5.41) is 8.87. The van der Waals surface area contributed by atoms with Crippen molar-refractivity contribution in [3.63, 3.8) is 0 Å². The number of nitrogens with one attached hydrogen (secondary N) is 2. The van der Waals surface area contributed by atoms with Gasteiger partial charge in [0.2, 0.25) is 0 Å². The molecule has 0 amide bonds. The molecule has 172 valence electrons. The lowest BCUT2D eigenvalue weighted by Gasteiger charge is -2.28. The van der Waals surface area contributed by atoms with E-state index in [1.807, 2.05) is 13.0 Å². The molecule has 2 atom stereocenters. The summed E-state index contributed by atoms with van der Waals surface area (Å²) in [4.78, 5) is 8.57. The van der Waals surface area contributed by atoms with E-state index >= 15 is 0 Å². The van der Waals surface area contributed by atoms with Gasteiger partial charge in [-0.2, -0.15) is 0 Å². The fourth-order valence-electron chi connectivity index (χ4n) is 3.78. The SMILES string of the molecule is CCC(CS(=O)(=O)c1ccccc1)NC(=NC)NCC(c1cccs1)N1CCCC1.I. The fourth-order valence-corrected chi connectivity index (χ4v) is 6.25. The van der Waals surface area contributed by atoms with Crippen molar-refractivity contribution in [3.8, 4) is 0 Å². The maximum atomic E-state index is 12.8. The highest BCUT2D eigenvalue weighted by Crippen LogP contribution is 2.27. The molecule has 1 aromatic carbocycles. The molecule has 0 saturated carbocycles. The zero-order valence-corrected chi connectivity index (χ0v) is 22.1. The Morgan fingerprint density at radius 3 is 2.45 bits per heavy atom. The number of halogens is 1. The first-order chi connectivity index (χ1) is 14.5. The summed E-state index contributed by atoms with van der Waals surface area (Å²) in [5.41, 5.74) is 0. The summed E-state index contributed by atoms with van der Waals surface area (Å²) in [6.07, 6.45) is 3.17. The number of hydrogen-bond acceptors (Lipinski definition) is 5. The molecule has 1 aromatic heterocycles. The largest absolute Gasteiger partial charge is 0.354 e. The Kier molecular flexibility index (Phi) is 10.7. The van der Waals surface area contributed by atoms with Crippen molar-refractivity contribution in [3.05, 3.63) is 52.7 Å². The van der Waals surface area contributed by atoms with Crippen molar-refractivity contribution in [2.75, 3.05) is 32.4 Å². The van der Waals surface area contributed by atoms with E-state index in [9.17, 15) is 8.42 Å². The van der Waals surface area contributed by atoms with Crippen molar-refractivity contribution in [1.82, 2.24) is 15.5 Å². The Morgan fingerprint density at radius 1 is 1.16 bits per heavy atom. The Labute approximate surface area is 207 Å². The summed E-state index contributed by atoms with van der Waals surface area (Å²) in [6.45, 7) is 4.96. The summed E-state index contributed by atoms with van der Waals surface area (Å²) in [5.74, 6) is 0.681. The molecule has 2 unspecified atom stereocenters. The van der Waals surface area contributed by atoms with Gasteiger partial charge in [0, 0.05) is 24.5 Å². The van der Waals surface area contributed by atoms with Gasteiger partial charge >= 0.3 is 0 Å². The highest BCUT2D eigenvalue weighted by Gasteiger charge is 2.25. The molecule has 1 saturated heterocycles. The van der Waals surface area contributed by atoms with Crippen LogP contribution in [-0.2, 0) is 9.84 Å². The van der Waals surface area contributed by atoms with Crippen LogP contribution in [0.4, 0.5) is 0 Å². The molecule has 0 spiro atoms. The molecular formula is C22H33IN4O2S2. The van der Waals surface area contributed by atoms with E-state index in [0.29, 0.717) is 23.3 Å². The zero-order valence-electron chi connectivity index (χ0n) is 18.2. The van der Waals surface area contributed by atoms with Gasteiger partial charge in [0.1, 0.15) is 0 Å². The van der Waals surface area contributed by atoms with Crippen LogP contribution in [0.3, 0.4) is 0 Å². The van der Waals surface area contributed by atoms with E-state index in [-0.39, 0.29) is 35.8 Å². The molecule has 2 aromatic rings. The summed E-state index contributed by atoms with van der Waals surface area (Å²) in [6, 6.07) is 13.0. The lowest BCUT2D eigenvalue weighted by atomic mass is 10.2. The van der Waals surface area contributed by atoms with Crippen molar-refractivity contribution in [2.45, 2.75) is 43.2 Å². The molecule has 1 aliphatic heterocycles. The molecule has 3 rings (SSSR count). The third-order valence-electron chi connectivity index (χ3n) is 5.50. The average molecular weight is 577 g/mol. The van der Waals surface area contributed by atoms with Gasteiger partial charge in [-0.3, -0.25) is 9.89 Å². The lowest BCUT2D eigenvalue weighted by Crippen LogP contribution is -2.48. The van der Waals surface area contributed by atoms with Crippen LogP contribution >= 0.6 is 35.3 Å². The van der Waals surface area contributed by atoms with Crippen LogP contribution in [0.2, 0.25) is 0 Å². The van der Waals surface area contributed by atoms with Crippen LogP contribution in [0.15, 0.2) is 57.7 Å². The number of nitrogens with zero attached hydrogens (tertiary/aromatic N) is 2. The molecule has 2 heterocycles. The highest BCUT2D eigenvalue weighted by molar-refractivity contribution is 14.0. The van der Waals surface area contributed by atoms with Gasteiger partial charge in [-0.1, -0.05) is 31.2 Å². The first-order valence-corrected chi connectivity index (χ1v) is 13.1. The Bertz CT molecular complexity index is 899. The van der Waals surface area contributed by atoms with E-state index in [4.69, 9.17) is 0 Å². The van der Waals surface area contributed by atoms with Gasteiger partial charge in [-0.05, 0) is 55.9 Å². The summed E-state index contributed by atoms with van der Waals surface area (Å²) < 4.78 is 25.5. The molecule has 0 bridgehead atoms. The molecule has 9 heteroatoms. The number of benzene rings is 1. The molecule has 1 aliphatic rings. The van der Waals surface area contributed by atoms with Gasteiger partial charge in [-0.25, -0.2) is 8.42 Å². The number of rotatable bonds is 9. The minimum Gasteiger partial charge on any atom is -0.354 e. The Morgan fingerprint density at radius 2 is 1.87 bits per heavy atom. The first-order valence-electron chi connectivity index (χ1n) is 10.6. The monoisotopic (exact) mass is 576 g/mol. The zero-order chi connectivity index (χ0) is 21.4. The van der Waals surface area contributed by atoms with E-state index in [1.165, 1.54) is 17.7 Å². The van der Waals surface area contributed by atoms with Crippen LogP contribution in [0.25, 0.3) is 0 Å². The highest BCUT2D eigenvalue weighted by atomic mass is 127. The topological polar surface area (TPSA) is 73.8 Å². The van der Waals surface area contributed by atoms with Gasteiger partial charge in [-0.15, -0.1) is 35.3 Å². The van der Waals surface area contributed by atoms with Crippen LogP contribution < -0.4 is 10.6 Å². The van der Waals surface area contributed by atoms with E-state index < -0.39 is 9.84 Å². The predicted octanol–water partition coefficient (Wildman–Crippen LogP) is 3.92. The fraction of sp³-hybridized carbons (Fsp3) is 0.500. The molecule has 0 radical (unpaired) electrons. The van der Waals surface area contributed by atoms with E-state index in [1.54, 1.807) is 42.6 Å². The van der Waals surface area contributed by atoms with Crippen LogP contribution in [0, 0.1) is 0 Å². The minimum absolute atomic E-state index is 0. The number of thiophene rings is 1. The number of guanidine groups is 1. The number of sulfone groups is 1. The molecular weight excluding hydrogens is 543 g/mol. The van der Waals surface area contributed by atoms with E-state index in [0.717, 1.165) is 19.6 Å². The van der Waals surface area contributed by atoms with Crippen LogP contribution in [0.5, 0.6) is 0 Å². The van der Waals surface area contributed by atoms with Crippen molar-refractivity contribution >= 4 is 51.1 Å². The summed E-state index contributed by atoms with van der Waals surface area (Å²) >= 11 is 1.78. The van der Waals surface area contributed by atoms with Gasteiger partial charge < -0.3 is 10.6 Å². The average Bonchev–Trinajstić information content (AvgIpc) is 3.48.